The van der Waals surface area contributed by atoms with Crippen molar-refractivity contribution in [3.63, 3.8) is 0 Å². The maximum absolute atomic E-state index is 13.6. The lowest BCUT2D eigenvalue weighted by atomic mass is 10.1. The Labute approximate surface area is 108 Å². The number of fused-ring (bicyclic) bond motifs is 1. The van der Waals surface area contributed by atoms with Gasteiger partial charge in [-0.1, -0.05) is 12.1 Å². The third kappa shape index (κ3) is 1.98. The number of halogens is 2. The standard InChI is InChI=1S/C14H11F2N3/c15-10-3-1-2-8(4-10)14-11-5-9(7-17)12(16)6-13(11)18-19-14/h1-6H,7,17H2,(H,18,19). The first kappa shape index (κ1) is 11.8. The number of hydrogen-bond acceptors (Lipinski definition) is 2. The molecule has 0 radical (unpaired) electrons. The topological polar surface area (TPSA) is 54.7 Å². The van der Waals surface area contributed by atoms with Gasteiger partial charge in [0.1, 0.15) is 17.3 Å². The van der Waals surface area contributed by atoms with E-state index in [-0.39, 0.29) is 18.2 Å². The second-order valence-corrected chi connectivity index (χ2v) is 4.28. The Morgan fingerprint density at radius 1 is 1.16 bits per heavy atom. The molecule has 96 valence electrons. The van der Waals surface area contributed by atoms with Crippen LogP contribution < -0.4 is 5.73 Å². The van der Waals surface area contributed by atoms with Gasteiger partial charge in [0, 0.05) is 23.1 Å². The smallest absolute Gasteiger partial charge is 0.129 e. The predicted octanol–water partition coefficient (Wildman–Crippen LogP) is 2.97. The number of H-pyrrole nitrogens is 1. The van der Waals surface area contributed by atoms with Gasteiger partial charge in [0.2, 0.25) is 0 Å². The summed E-state index contributed by atoms with van der Waals surface area (Å²) in [5.74, 6) is -0.709. The van der Waals surface area contributed by atoms with E-state index in [1.54, 1.807) is 18.2 Å². The van der Waals surface area contributed by atoms with Gasteiger partial charge in [-0.3, -0.25) is 5.10 Å². The van der Waals surface area contributed by atoms with Gasteiger partial charge in [0.05, 0.1) is 5.52 Å². The number of nitrogens with one attached hydrogen (secondary N) is 1. The van der Waals surface area contributed by atoms with Crippen molar-refractivity contribution in [2.75, 3.05) is 0 Å². The van der Waals surface area contributed by atoms with Crippen LogP contribution in [0.3, 0.4) is 0 Å². The highest BCUT2D eigenvalue weighted by molar-refractivity contribution is 5.93. The molecule has 5 heteroatoms. The molecule has 0 aliphatic rings. The molecule has 0 bridgehead atoms. The lowest BCUT2D eigenvalue weighted by molar-refractivity contribution is 0.612. The summed E-state index contributed by atoms with van der Waals surface area (Å²) in [4.78, 5) is 0. The number of benzene rings is 2. The fourth-order valence-corrected chi connectivity index (χ4v) is 2.10. The Morgan fingerprint density at radius 2 is 2.00 bits per heavy atom. The van der Waals surface area contributed by atoms with E-state index >= 15 is 0 Å². The second kappa shape index (κ2) is 4.44. The summed E-state index contributed by atoms with van der Waals surface area (Å²) in [5, 5.41) is 7.60. The molecule has 0 aliphatic carbocycles. The van der Waals surface area contributed by atoms with Crippen molar-refractivity contribution in [1.29, 1.82) is 0 Å². The van der Waals surface area contributed by atoms with E-state index < -0.39 is 0 Å². The van der Waals surface area contributed by atoms with Crippen molar-refractivity contribution < 1.29 is 8.78 Å². The zero-order valence-electron chi connectivity index (χ0n) is 9.95. The normalized spacial score (nSPS) is 11.1. The van der Waals surface area contributed by atoms with Crippen LogP contribution >= 0.6 is 0 Å². The Kier molecular flexibility index (Phi) is 2.76. The molecule has 0 aliphatic heterocycles. The zero-order valence-corrected chi connectivity index (χ0v) is 9.95. The molecule has 2 aromatic carbocycles. The second-order valence-electron chi connectivity index (χ2n) is 4.28. The van der Waals surface area contributed by atoms with Crippen molar-refractivity contribution in [2.24, 2.45) is 5.73 Å². The fraction of sp³-hybridized carbons (Fsp3) is 0.0714. The third-order valence-corrected chi connectivity index (χ3v) is 3.05. The minimum atomic E-state index is -0.371. The maximum Gasteiger partial charge on any atom is 0.129 e. The van der Waals surface area contributed by atoms with E-state index in [1.165, 1.54) is 18.2 Å². The minimum absolute atomic E-state index is 0.107. The molecule has 1 aromatic heterocycles. The van der Waals surface area contributed by atoms with Crippen LogP contribution in [0.1, 0.15) is 5.56 Å². The van der Waals surface area contributed by atoms with Crippen molar-refractivity contribution in [3.05, 3.63) is 53.6 Å². The molecule has 19 heavy (non-hydrogen) atoms. The van der Waals surface area contributed by atoms with Gasteiger partial charge in [-0.15, -0.1) is 0 Å². The average Bonchev–Trinajstić information content (AvgIpc) is 2.80. The van der Waals surface area contributed by atoms with E-state index in [4.69, 9.17) is 5.73 Å². The molecule has 3 N–H and O–H groups in total. The molecule has 0 saturated heterocycles. The number of rotatable bonds is 2. The summed E-state index contributed by atoms with van der Waals surface area (Å²) in [5.41, 5.74) is 7.69. The van der Waals surface area contributed by atoms with Gasteiger partial charge in [-0.2, -0.15) is 5.10 Å². The van der Waals surface area contributed by atoms with Crippen LogP contribution in [0.4, 0.5) is 8.78 Å². The third-order valence-electron chi connectivity index (χ3n) is 3.05. The summed E-state index contributed by atoms with van der Waals surface area (Å²) in [6.45, 7) is 0.107. The summed E-state index contributed by atoms with van der Waals surface area (Å²) >= 11 is 0. The van der Waals surface area contributed by atoms with Gasteiger partial charge >= 0.3 is 0 Å². The summed E-state index contributed by atoms with van der Waals surface area (Å²) in [6.07, 6.45) is 0. The lowest BCUT2D eigenvalue weighted by Gasteiger charge is -2.02. The first-order valence-corrected chi connectivity index (χ1v) is 5.81. The van der Waals surface area contributed by atoms with Gasteiger partial charge in [0.25, 0.3) is 0 Å². The molecular formula is C14H11F2N3. The molecule has 3 nitrogen and oxygen atoms in total. The van der Waals surface area contributed by atoms with Crippen molar-refractivity contribution >= 4 is 10.9 Å². The molecule has 0 fully saturated rings. The Morgan fingerprint density at radius 3 is 2.74 bits per heavy atom. The molecule has 0 saturated carbocycles. The largest absolute Gasteiger partial charge is 0.326 e. The van der Waals surface area contributed by atoms with Crippen LogP contribution in [0, 0.1) is 11.6 Å². The highest BCUT2D eigenvalue weighted by Crippen LogP contribution is 2.28. The summed E-state index contributed by atoms with van der Waals surface area (Å²) < 4.78 is 26.9. The van der Waals surface area contributed by atoms with Gasteiger partial charge in [-0.05, 0) is 24.3 Å². The molecule has 3 aromatic rings. The number of aromatic amines is 1. The highest BCUT2D eigenvalue weighted by atomic mass is 19.1. The van der Waals surface area contributed by atoms with Crippen molar-refractivity contribution in [1.82, 2.24) is 10.2 Å². The molecule has 3 rings (SSSR count). The molecule has 0 spiro atoms. The van der Waals surface area contributed by atoms with Crippen LogP contribution in [0.15, 0.2) is 36.4 Å². The van der Waals surface area contributed by atoms with Gasteiger partial charge < -0.3 is 5.73 Å². The molecule has 0 amide bonds. The van der Waals surface area contributed by atoms with Crippen LogP contribution in [0.2, 0.25) is 0 Å². The number of nitrogens with two attached hydrogens (primary N) is 1. The summed E-state index contributed by atoms with van der Waals surface area (Å²) in [7, 11) is 0. The lowest BCUT2D eigenvalue weighted by Crippen LogP contribution is -1.99. The number of aromatic nitrogens is 2. The minimum Gasteiger partial charge on any atom is -0.326 e. The van der Waals surface area contributed by atoms with Crippen LogP contribution in [-0.4, -0.2) is 10.2 Å². The predicted molar refractivity (Wildman–Crippen MR) is 69.3 cm³/mol. The first-order chi connectivity index (χ1) is 9.19. The average molecular weight is 259 g/mol. The van der Waals surface area contributed by atoms with E-state index in [9.17, 15) is 8.78 Å². The number of hydrogen-bond donors (Lipinski definition) is 2. The van der Waals surface area contributed by atoms with Crippen molar-refractivity contribution in [3.8, 4) is 11.3 Å². The van der Waals surface area contributed by atoms with E-state index in [1.807, 2.05) is 0 Å². The Balaban J connectivity index is 2.25. The summed E-state index contributed by atoms with van der Waals surface area (Å²) in [6, 6.07) is 9.12. The van der Waals surface area contributed by atoms with Gasteiger partial charge in [-0.25, -0.2) is 8.78 Å². The molecule has 0 unspecified atom stereocenters. The molecule has 0 atom stereocenters. The van der Waals surface area contributed by atoms with E-state index in [0.717, 1.165) is 5.39 Å². The molecule has 1 heterocycles. The van der Waals surface area contributed by atoms with Crippen molar-refractivity contribution in [2.45, 2.75) is 6.54 Å². The quantitative estimate of drug-likeness (QED) is 0.743. The van der Waals surface area contributed by atoms with Crippen LogP contribution in [0.25, 0.3) is 22.2 Å². The fourth-order valence-electron chi connectivity index (χ4n) is 2.10. The van der Waals surface area contributed by atoms with E-state index in [0.29, 0.717) is 22.3 Å². The highest BCUT2D eigenvalue weighted by Gasteiger charge is 2.12. The first-order valence-electron chi connectivity index (χ1n) is 5.81. The maximum atomic E-state index is 13.6. The van der Waals surface area contributed by atoms with Crippen LogP contribution in [0.5, 0.6) is 0 Å². The Bertz CT molecular complexity index is 750. The van der Waals surface area contributed by atoms with Gasteiger partial charge in [0.15, 0.2) is 0 Å². The zero-order chi connectivity index (χ0) is 13.4. The monoisotopic (exact) mass is 259 g/mol. The number of nitrogens with zero attached hydrogens (tertiary/aromatic N) is 1. The van der Waals surface area contributed by atoms with Crippen LogP contribution in [-0.2, 0) is 6.54 Å². The Hall–Kier alpha value is -2.27. The SMILES string of the molecule is NCc1cc2c(-c3cccc(F)c3)n[nH]c2cc1F. The molecular weight excluding hydrogens is 248 g/mol. The van der Waals surface area contributed by atoms with E-state index in [2.05, 4.69) is 10.2 Å².